The predicted octanol–water partition coefficient (Wildman–Crippen LogP) is 6.00. The summed E-state index contributed by atoms with van der Waals surface area (Å²) in [6.45, 7) is 4.96. The lowest BCUT2D eigenvalue weighted by Crippen LogP contribution is -2.55. The molecule has 2 aliphatic rings. The lowest BCUT2D eigenvalue weighted by Gasteiger charge is -2.41. The average Bonchev–Trinajstić information content (AvgIpc) is 3.60. The molecule has 6 rings (SSSR count). The highest BCUT2D eigenvalue weighted by atomic mass is 35.5. The number of carboxylic acid groups (broad SMARTS) is 1. The first kappa shape index (κ1) is 27.8. The molecule has 2 aromatic carbocycles. The van der Waals surface area contributed by atoms with E-state index in [1.165, 1.54) is 16.7 Å². The minimum Gasteiger partial charge on any atom is -0.478 e. The number of aliphatic carboxylic acids is 1. The van der Waals surface area contributed by atoms with Gasteiger partial charge in [0.15, 0.2) is 0 Å². The number of amides is 1. The number of hydrogen-bond donors (Lipinski definition) is 1. The maximum atomic E-state index is 14.5. The molecule has 1 N–H and O–H groups in total. The van der Waals surface area contributed by atoms with Gasteiger partial charge < -0.3 is 19.4 Å². The number of anilines is 1. The summed E-state index contributed by atoms with van der Waals surface area (Å²) in [5.74, 6) is -0.993. The Hall–Kier alpha value is -4.34. The number of aromatic nitrogens is 2. The summed E-state index contributed by atoms with van der Waals surface area (Å²) < 4.78 is 7.46. The van der Waals surface area contributed by atoms with Crippen LogP contribution in [0.5, 0.6) is 0 Å². The summed E-state index contributed by atoms with van der Waals surface area (Å²) in [6.07, 6.45) is 7.51. The largest absolute Gasteiger partial charge is 0.478 e. The highest BCUT2D eigenvalue weighted by Gasteiger charge is 2.43. The number of halogens is 2. The molecule has 1 saturated heterocycles. The molecule has 0 bridgehead atoms. The van der Waals surface area contributed by atoms with Crippen LogP contribution in [0.3, 0.4) is 0 Å². The van der Waals surface area contributed by atoms with Gasteiger partial charge in [0.25, 0.3) is 5.91 Å². The average molecular weight is 605 g/mol. The van der Waals surface area contributed by atoms with Gasteiger partial charge >= 0.3 is 5.97 Å². The first-order valence-corrected chi connectivity index (χ1v) is 14.2. The Kier molecular flexibility index (Phi) is 7.38. The Morgan fingerprint density at radius 3 is 2.48 bits per heavy atom. The monoisotopic (exact) mass is 604 g/mol. The van der Waals surface area contributed by atoms with Crippen LogP contribution in [0, 0.1) is 5.92 Å². The van der Waals surface area contributed by atoms with Gasteiger partial charge in [0, 0.05) is 42.9 Å². The second-order valence-corrected chi connectivity index (χ2v) is 11.2. The number of benzene rings is 2. The van der Waals surface area contributed by atoms with E-state index in [1.54, 1.807) is 53.6 Å². The quantitative estimate of drug-likeness (QED) is 0.257. The fourth-order valence-corrected chi connectivity index (χ4v) is 6.21. The van der Waals surface area contributed by atoms with Crippen LogP contribution in [-0.2, 0) is 9.59 Å². The minimum absolute atomic E-state index is 0.0779. The van der Waals surface area contributed by atoms with Crippen molar-refractivity contribution in [3.05, 3.63) is 88.6 Å². The number of carbonyl (C=O) groups excluding carboxylic acids is 2. The maximum absolute atomic E-state index is 14.5. The van der Waals surface area contributed by atoms with Crippen LogP contribution in [0.1, 0.15) is 28.8 Å². The Morgan fingerprint density at radius 1 is 1.05 bits per heavy atom. The van der Waals surface area contributed by atoms with Crippen molar-refractivity contribution in [2.24, 2.45) is 5.92 Å². The second kappa shape index (κ2) is 11.2. The summed E-state index contributed by atoms with van der Waals surface area (Å²) in [4.78, 5) is 41.9. The van der Waals surface area contributed by atoms with Crippen LogP contribution >= 0.6 is 23.2 Å². The SMILES string of the molecule is C=CC(=O)N1CCN(c2onc(-c3c(Cl)cccc3Cl)c2C(=O)n2ccc3c(/C=C/C(=O)O)cccc32)[C@H](C2CC2)C1. The van der Waals surface area contributed by atoms with Crippen LogP contribution in [0.4, 0.5) is 5.88 Å². The number of carboxylic acids is 1. The third-order valence-electron chi connectivity index (χ3n) is 7.81. The van der Waals surface area contributed by atoms with Gasteiger partial charge in [-0.1, -0.05) is 53.1 Å². The van der Waals surface area contributed by atoms with E-state index in [4.69, 9.17) is 32.8 Å². The van der Waals surface area contributed by atoms with E-state index in [0.29, 0.717) is 57.6 Å². The van der Waals surface area contributed by atoms with Crippen LogP contribution < -0.4 is 4.90 Å². The highest BCUT2D eigenvalue weighted by Crippen LogP contribution is 2.44. The van der Waals surface area contributed by atoms with Crippen molar-refractivity contribution >= 4 is 63.8 Å². The van der Waals surface area contributed by atoms with Gasteiger partial charge in [-0.15, -0.1) is 0 Å². The standard InChI is InChI=1S/C31H26Cl2N4O5/c1-2-25(38)35-15-16-37(24(17-35)19-9-10-19)31-28(29(34-42-31)27-21(32)6-4-7-22(27)33)30(41)36-14-13-20-18(11-12-26(39)40)5-3-8-23(20)36/h2-8,11-14,19,24H,1,9-10,15-17H2,(H,39,40)/b12-11+/t24-/m0/s1. The van der Waals surface area contributed by atoms with Crippen molar-refractivity contribution in [2.75, 3.05) is 24.5 Å². The van der Waals surface area contributed by atoms with E-state index in [-0.39, 0.29) is 29.1 Å². The second-order valence-electron chi connectivity index (χ2n) is 10.3. The Balaban J connectivity index is 1.50. The van der Waals surface area contributed by atoms with Crippen molar-refractivity contribution in [2.45, 2.75) is 18.9 Å². The minimum atomic E-state index is -1.07. The van der Waals surface area contributed by atoms with E-state index in [9.17, 15) is 14.4 Å². The van der Waals surface area contributed by atoms with E-state index in [0.717, 1.165) is 18.9 Å². The normalized spacial score (nSPS) is 17.2. The van der Waals surface area contributed by atoms with Gasteiger partial charge in [-0.25, -0.2) is 4.79 Å². The van der Waals surface area contributed by atoms with Crippen molar-refractivity contribution < 1.29 is 24.0 Å². The molecule has 1 aliphatic heterocycles. The molecule has 0 spiro atoms. The molecular weight excluding hydrogens is 579 g/mol. The lowest BCUT2D eigenvalue weighted by atomic mass is 10.0. The Labute approximate surface area is 251 Å². The number of carbonyl (C=O) groups is 3. The summed E-state index contributed by atoms with van der Waals surface area (Å²) in [5, 5.41) is 14.8. The summed E-state index contributed by atoms with van der Waals surface area (Å²) in [7, 11) is 0. The Morgan fingerprint density at radius 2 is 1.79 bits per heavy atom. The first-order valence-electron chi connectivity index (χ1n) is 13.5. The van der Waals surface area contributed by atoms with E-state index >= 15 is 0 Å². The third-order valence-corrected chi connectivity index (χ3v) is 8.44. The summed E-state index contributed by atoms with van der Waals surface area (Å²) >= 11 is 13.2. The molecule has 42 heavy (non-hydrogen) atoms. The Bertz CT molecular complexity index is 1750. The number of nitrogens with zero attached hydrogens (tertiary/aromatic N) is 4. The molecule has 3 heterocycles. The third kappa shape index (κ3) is 4.99. The van der Waals surface area contributed by atoms with E-state index in [1.807, 2.05) is 4.90 Å². The van der Waals surface area contributed by atoms with Crippen LogP contribution in [0.2, 0.25) is 10.0 Å². The number of piperazine rings is 1. The zero-order chi connectivity index (χ0) is 29.5. The van der Waals surface area contributed by atoms with Gasteiger partial charge in [0.1, 0.15) is 11.3 Å². The molecule has 11 heteroatoms. The molecule has 1 atom stereocenters. The van der Waals surface area contributed by atoms with Gasteiger partial charge in [-0.2, -0.15) is 0 Å². The zero-order valence-electron chi connectivity index (χ0n) is 22.4. The van der Waals surface area contributed by atoms with E-state index in [2.05, 4.69) is 11.7 Å². The van der Waals surface area contributed by atoms with Gasteiger partial charge in [-0.3, -0.25) is 14.2 Å². The van der Waals surface area contributed by atoms with Crippen molar-refractivity contribution in [1.82, 2.24) is 14.6 Å². The van der Waals surface area contributed by atoms with Gasteiger partial charge in [0.05, 0.1) is 21.6 Å². The lowest BCUT2D eigenvalue weighted by molar-refractivity contribution is -0.131. The van der Waals surface area contributed by atoms with E-state index < -0.39 is 11.9 Å². The van der Waals surface area contributed by atoms with Gasteiger partial charge in [0.2, 0.25) is 11.8 Å². The molecule has 4 aromatic rings. The van der Waals surface area contributed by atoms with Crippen LogP contribution in [-0.4, -0.2) is 63.2 Å². The number of fused-ring (bicyclic) bond motifs is 1. The number of hydrogen-bond acceptors (Lipinski definition) is 6. The van der Waals surface area contributed by atoms with Crippen molar-refractivity contribution in [3.8, 4) is 11.3 Å². The zero-order valence-corrected chi connectivity index (χ0v) is 23.9. The first-order chi connectivity index (χ1) is 20.3. The molecule has 1 saturated carbocycles. The fraction of sp³-hybridized carbons (Fsp3) is 0.226. The molecule has 1 aliphatic carbocycles. The summed E-state index contributed by atoms with van der Waals surface area (Å²) in [5.41, 5.74) is 2.02. The molecule has 214 valence electrons. The fourth-order valence-electron chi connectivity index (χ4n) is 5.64. The summed E-state index contributed by atoms with van der Waals surface area (Å²) in [6, 6.07) is 12.1. The van der Waals surface area contributed by atoms with Crippen LogP contribution in [0.15, 0.2) is 71.9 Å². The maximum Gasteiger partial charge on any atom is 0.328 e. The molecule has 2 aromatic heterocycles. The van der Waals surface area contributed by atoms with Crippen LogP contribution in [0.25, 0.3) is 28.2 Å². The molecule has 9 nitrogen and oxygen atoms in total. The highest BCUT2D eigenvalue weighted by molar-refractivity contribution is 6.39. The predicted molar refractivity (Wildman–Crippen MR) is 161 cm³/mol. The topological polar surface area (TPSA) is 109 Å². The van der Waals surface area contributed by atoms with Crippen molar-refractivity contribution in [3.63, 3.8) is 0 Å². The smallest absolute Gasteiger partial charge is 0.328 e. The molecule has 1 amide bonds. The number of rotatable bonds is 7. The van der Waals surface area contributed by atoms with Gasteiger partial charge in [-0.05, 0) is 60.7 Å². The molecule has 0 unspecified atom stereocenters. The molecular formula is C31H26Cl2N4O5. The molecule has 2 fully saturated rings. The molecule has 0 radical (unpaired) electrons. The van der Waals surface area contributed by atoms with Crippen molar-refractivity contribution in [1.29, 1.82) is 0 Å².